The number of thiophene rings is 1. The van der Waals surface area contributed by atoms with Gasteiger partial charge < -0.3 is 14.3 Å². The van der Waals surface area contributed by atoms with Crippen LogP contribution in [0.4, 0.5) is 0 Å². The van der Waals surface area contributed by atoms with E-state index in [0.29, 0.717) is 0 Å². The van der Waals surface area contributed by atoms with E-state index in [0.717, 1.165) is 51.9 Å². The van der Waals surface area contributed by atoms with E-state index in [1.807, 2.05) is 11.3 Å². The third-order valence-corrected chi connectivity index (χ3v) is 13.0. The second-order valence-electron chi connectivity index (χ2n) is 15.0. The fourth-order valence-corrected chi connectivity index (χ4v) is 10.5. The van der Waals surface area contributed by atoms with Gasteiger partial charge in [-0.15, -0.1) is 11.3 Å². The molecule has 272 valence electrons. The first-order valence-corrected chi connectivity index (χ1v) is 20.5. The molecule has 57 heavy (non-hydrogen) atoms. The van der Waals surface area contributed by atoms with E-state index in [-0.39, 0.29) is 12.3 Å². The molecule has 0 spiro atoms. The van der Waals surface area contributed by atoms with Crippen molar-refractivity contribution in [3.63, 3.8) is 0 Å². The van der Waals surface area contributed by atoms with Gasteiger partial charge in [-0.2, -0.15) is 0 Å². The number of furan rings is 1. The Bertz CT molecular complexity index is 3320. The number of nitrogens with zero attached hydrogens (tertiary/aromatic N) is 2. The molecule has 0 radical (unpaired) electrons. The van der Waals surface area contributed by atoms with Crippen LogP contribution in [-0.2, 0) is 0 Å². The molecule has 6 heteroatoms. The second kappa shape index (κ2) is 12.9. The number of nitrogens with one attached hydrogen (secondary N) is 2. The van der Waals surface area contributed by atoms with Gasteiger partial charge in [0.25, 0.3) is 0 Å². The second-order valence-corrected chi connectivity index (χ2v) is 16.1. The summed E-state index contributed by atoms with van der Waals surface area (Å²) in [6, 6.07) is 58.6. The molecule has 2 N–H and O–H groups in total. The summed E-state index contributed by atoms with van der Waals surface area (Å²) in [6.45, 7) is 0. The van der Waals surface area contributed by atoms with E-state index in [9.17, 15) is 0 Å². The molecule has 4 heterocycles. The van der Waals surface area contributed by atoms with E-state index in [2.05, 4.69) is 185 Å². The highest BCUT2D eigenvalue weighted by molar-refractivity contribution is 7.26. The first-order valence-electron chi connectivity index (χ1n) is 19.7. The van der Waals surface area contributed by atoms with Gasteiger partial charge in [0.1, 0.15) is 29.2 Å². The van der Waals surface area contributed by atoms with Crippen molar-refractivity contribution >= 4 is 81.8 Å². The van der Waals surface area contributed by atoms with E-state index in [4.69, 9.17) is 9.41 Å². The Morgan fingerprint density at radius 3 is 2.11 bits per heavy atom. The molecule has 0 bridgehead atoms. The molecular weight excluding hydrogens is 717 g/mol. The predicted molar refractivity (Wildman–Crippen MR) is 237 cm³/mol. The van der Waals surface area contributed by atoms with Gasteiger partial charge in [0, 0.05) is 64.4 Å². The molecule has 1 aliphatic heterocycles. The zero-order valence-electron chi connectivity index (χ0n) is 30.9. The van der Waals surface area contributed by atoms with Crippen molar-refractivity contribution in [3.05, 3.63) is 197 Å². The number of hydrogen-bond donors (Lipinski definition) is 2. The highest BCUT2D eigenvalue weighted by Crippen LogP contribution is 2.41. The normalized spacial score (nSPS) is 16.9. The van der Waals surface area contributed by atoms with Crippen molar-refractivity contribution in [2.45, 2.75) is 25.2 Å². The van der Waals surface area contributed by atoms with Crippen LogP contribution < -0.4 is 21.3 Å². The van der Waals surface area contributed by atoms with Crippen molar-refractivity contribution in [1.82, 2.24) is 15.2 Å². The van der Waals surface area contributed by atoms with Crippen molar-refractivity contribution in [1.29, 1.82) is 0 Å². The summed E-state index contributed by atoms with van der Waals surface area (Å²) >= 11 is 1.85. The zero-order valence-corrected chi connectivity index (χ0v) is 31.8. The lowest BCUT2D eigenvalue weighted by Gasteiger charge is -2.32. The first-order chi connectivity index (χ1) is 28.3. The van der Waals surface area contributed by atoms with Crippen LogP contribution in [0.15, 0.2) is 173 Å². The van der Waals surface area contributed by atoms with Gasteiger partial charge in [-0.1, -0.05) is 127 Å². The molecule has 2 unspecified atom stereocenters. The van der Waals surface area contributed by atoms with Crippen molar-refractivity contribution in [2.75, 3.05) is 0 Å². The molecule has 3 aromatic heterocycles. The number of fused-ring (bicyclic) bond motifs is 9. The minimum atomic E-state index is -0.191. The third kappa shape index (κ3) is 5.15. The summed E-state index contributed by atoms with van der Waals surface area (Å²) < 4.78 is 11.8. The van der Waals surface area contributed by atoms with Crippen molar-refractivity contribution < 1.29 is 4.42 Å². The highest BCUT2D eigenvalue weighted by Gasteiger charge is 2.27. The first kappa shape index (κ1) is 32.5. The topological polar surface area (TPSA) is 54.5 Å². The average molecular weight is 753 g/mol. The number of aliphatic imine (C=N–C) groups is 1. The van der Waals surface area contributed by atoms with Gasteiger partial charge in [0.05, 0.1) is 11.0 Å². The number of hydrogen-bond acceptors (Lipinski definition) is 5. The number of aromatic nitrogens is 1. The summed E-state index contributed by atoms with van der Waals surface area (Å²) in [5, 5.41) is 14.9. The van der Waals surface area contributed by atoms with Gasteiger partial charge in [-0.3, -0.25) is 5.32 Å². The van der Waals surface area contributed by atoms with Gasteiger partial charge in [-0.05, 0) is 65.9 Å². The Morgan fingerprint density at radius 2 is 1.32 bits per heavy atom. The standard InChI is InChI=1S/C51H36N4OS/c1-3-14-31(15-4-1)49-52-50(32-16-5-2-6-17-32)54-51(53-49)41-24-12-23-40-46-37(20-13-27-45(46)57-48(40)41)39-22-11-21-38-36-29-28-33(30-44(36)56-47(38)39)55-42-25-9-7-18-34(42)35-19-8-10-26-43(35)55/h1-10,12-21,23-30,49-50,52H,11,22H2,(H,53,54). The summed E-state index contributed by atoms with van der Waals surface area (Å²) in [5.41, 5.74) is 11.3. The van der Waals surface area contributed by atoms with E-state index < -0.39 is 0 Å². The molecule has 12 rings (SSSR count). The van der Waals surface area contributed by atoms with Crippen LogP contribution in [-0.4, -0.2) is 10.4 Å². The smallest absolute Gasteiger partial charge is 0.138 e. The van der Waals surface area contributed by atoms with Crippen LogP contribution in [0.1, 0.15) is 47.4 Å². The summed E-state index contributed by atoms with van der Waals surface area (Å²) in [5.74, 6) is 0.897. The Morgan fingerprint density at radius 1 is 0.632 bits per heavy atom. The van der Waals surface area contributed by atoms with Gasteiger partial charge in [0.2, 0.25) is 0 Å². The number of rotatable bonds is 5. The molecule has 5 nitrogen and oxygen atoms in total. The van der Waals surface area contributed by atoms with Crippen LogP contribution in [0.2, 0.25) is 0 Å². The maximum atomic E-state index is 6.97. The molecule has 7 aromatic carbocycles. The molecule has 0 fully saturated rings. The minimum absolute atomic E-state index is 0.0971. The largest absolute Gasteiger partial charge is 0.456 e. The van der Waals surface area contributed by atoms with E-state index >= 15 is 0 Å². The Hall–Kier alpha value is -6.73. The van der Waals surface area contributed by atoms with Crippen molar-refractivity contribution in [3.8, 4) is 5.69 Å². The lowest BCUT2D eigenvalue weighted by molar-refractivity contribution is 0.409. The average Bonchev–Trinajstić information content (AvgIpc) is 3.96. The number of benzene rings is 7. The maximum Gasteiger partial charge on any atom is 0.138 e. The molecule has 2 aliphatic rings. The fourth-order valence-electron chi connectivity index (χ4n) is 9.21. The predicted octanol–water partition coefficient (Wildman–Crippen LogP) is 11.0. The van der Waals surface area contributed by atoms with Crippen LogP contribution in [0.5, 0.6) is 0 Å². The Labute approximate surface area is 332 Å². The summed E-state index contributed by atoms with van der Waals surface area (Å²) in [6.07, 6.45) is 3.96. The Balaban J connectivity index is 1.02. The summed E-state index contributed by atoms with van der Waals surface area (Å²) in [7, 11) is 0. The monoisotopic (exact) mass is 752 g/mol. The quantitative estimate of drug-likeness (QED) is 0.184. The maximum absolute atomic E-state index is 6.97. The molecule has 0 saturated heterocycles. The van der Waals surface area contributed by atoms with Crippen LogP contribution in [0, 0.1) is 0 Å². The highest BCUT2D eigenvalue weighted by atomic mass is 32.1. The molecular formula is C51H36N4OS. The van der Waals surface area contributed by atoms with E-state index in [1.54, 1.807) is 0 Å². The Kier molecular flexibility index (Phi) is 7.37. The molecule has 10 aromatic rings. The van der Waals surface area contributed by atoms with Crippen LogP contribution in [0.3, 0.4) is 0 Å². The van der Waals surface area contributed by atoms with E-state index in [1.165, 1.54) is 63.9 Å². The number of amidine groups is 1. The van der Waals surface area contributed by atoms with Crippen molar-refractivity contribution in [2.24, 2.45) is 4.99 Å². The minimum Gasteiger partial charge on any atom is -0.456 e. The fraction of sp³-hybridized carbons (Fsp3) is 0.0784. The van der Waals surface area contributed by atoms with Gasteiger partial charge in [0.15, 0.2) is 0 Å². The lowest BCUT2D eigenvalue weighted by atomic mass is 9.93. The SMILES string of the molecule is C1=c2c(oc3cc(-n4c5ccccc5c5ccccc54)ccc23)=C(c2cccc3sc4c(C5=NC(c6ccccc6)NC(c6ccccc6)N5)cccc4c23)CC1. The summed E-state index contributed by atoms with van der Waals surface area (Å²) in [4.78, 5) is 5.32. The molecule has 1 aliphatic carbocycles. The van der Waals surface area contributed by atoms with Crippen LogP contribution >= 0.6 is 11.3 Å². The van der Waals surface area contributed by atoms with Gasteiger partial charge in [-0.25, -0.2) is 4.99 Å². The molecule has 0 amide bonds. The molecule has 2 atom stereocenters. The van der Waals surface area contributed by atoms with Gasteiger partial charge >= 0.3 is 0 Å². The lowest BCUT2D eigenvalue weighted by Crippen LogP contribution is -2.44. The zero-order chi connectivity index (χ0) is 37.5. The number of para-hydroxylation sites is 2. The van der Waals surface area contributed by atoms with Crippen LogP contribution in [0.25, 0.3) is 70.3 Å². The molecule has 0 saturated carbocycles. The third-order valence-electron chi connectivity index (χ3n) is 11.8.